The summed E-state index contributed by atoms with van der Waals surface area (Å²) in [6, 6.07) is 1.13. The van der Waals surface area contributed by atoms with Gasteiger partial charge in [0.1, 0.15) is 0 Å². The van der Waals surface area contributed by atoms with Crippen LogP contribution in [-0.2, 0) is 19.0 Å². The Labute approximate surface area is 123 Å². The van der Waals surface area contributed by atoms with E-state index in [1.165, 1.54) is 16.4 Å². The third kappa shape index (κ3) is 2.66. The summed E-state index contributed by atoms with van der Waals surface area (Å²) < 4.78 is 39.8. The van der Waals surface area contributed by atoms with Gasteiger partial charge in [-0.3, -0.25) is 9.89 Å². The van der Waals surface area contributed by atoms with Crippen LogP contribution in [0, 0.1) is 0 Å². The largest absolute Gasteiger partial charge is 0.451 e. The van der Waals surface area contributed by atoms with E-state index in [9.17, 15) is 18.0 Å². The van der Waals surface area contributed by atoms with Gasteiger partial charge in [0, 0.05) is 18.9 Å². The van der Waals surface area contributed by atoms with Crippen molar-refractivity contribution in [3.8, 4) is 0 Å². The minimum absolute atomic E-state index is 0.216. The number of aromatic nitrogens is 8. The van der Waals surface area contributed by atoms with Crippen molar-refractivity contribution in [2.45, 2.75) is 17.1 Å². The van der Waals surface area contributed by atoms with Gasteiger partial charge in [-0.15, -0.1) is 5.10 Å². The van der Waals surface area contributed by atoms with Gasteiger partial charge in [0.2, 0.25) is 11.0 Å². The number of thioether (sulfide) groups is 1. The number of nitrogens with one attached hydrogen (secondary N) is 1. The maximum atomic E-state index is 12.6. The fourth-order valence-electron chi connectivity index (χ4n) is 1.61. The molecule has 1 N–H and O–H groups in total. The number of hydrogen-bond acceptors (Lipinski definition) is 7. The monoisotopic (exact) mass is 332 g/mol. The fourth-order valence-corrected chi connectivity index (χ4v) is 2.35. The van der Waals surface area contributed by atoms with Crippen molar-refractivity contribution in [1.82, 2.24) is 39.8 Å². The molecule has 0 fully saturated rings. The third-order valence-electron chi connectivity index (χ3n) is 2.58. The van der Waals surface area contributed by atoms with E-state index >= 15 is 0 Å². The standard InChI is InChI=1S/C9H7F3N8OS/c1-19-8(15-17-18-19)22-3-4-2-5(21)20-7(13-4)14-6(16-20)9(10,11)12/h2H,3H2,1H3,(H,13,14,16). The highest BCUT2D eigenvalue weighted by Gasteiger charge is 2.35. The molecule has 0 unspecified atom stereocenters. The molecule has 13 heteroatoms. The predicted octanol–water partition coefficient (Wildman–Crippen LogP) is 0.252. The number of halogens is 3. The SMILES string of the molecule is Cn1nnnc1SCc1cc(=O)n2[nH]c(C(F)(F)F)nc2n1. The second kappa shape index (κ2) is 5.08. The minimum Gasteiger partial charge on any atom is -0.267 e. The van der Waals surface area contributed by atoms with Crippen molar-refractivity contribution < 1.29 is 13.2 Å². The summed E-state index contributed by atoms with van der Waals surface area (Å²) in [5.74, 6) is -1.40. The number of tetrazole rings is 1. The van der Waals surface area contributed by atoms with Gasteiger partial charge in [0.25, 0.3) is 11.3 Å². The van der Waals surface area contributed by atoms with Crippen molar-refractivity contribution in [3.05, 3.63) is 27.9 Å². The zero-order chi connectivity index (χ0) is 15.9. The molecule has 0 spiro atoms. The summed E-state index contributed by atoms with van der Waals surface area (Å²) >= 11 is 1.19. The quantitative estimate of drug-likeness (QED) is 0.685. The normalized spacial score (nSPS) is 12.2. The van der Waals surface area contributed by atoms with E-state index in [4.69, 9.17) is 0 Å². The molecule has 9 nitrogen and oxygen atoms in total. The number of aryl methyl sites for hydroxylation is 1. The summed E-state index contributed by atoms with van der Waals surface area (Å²) in [4.78, 5) is 19.0. The van der Waals surface area contributed by atoms with Crippen LogP contribution in [0.4, 0.5) is 13.2 Å². The first-order valence-electron chi connectivity index (χ1n) is 5.75. The highest BCUT2D eigenvalue weighted by atomic mass is 32.2. The molecule has 0 aromatic carbocycles. The van der Waals surface area contributed by atoms with E-state index in [0.29, 0.717) is 9.67 Å². The Morgan fingerprint density at radius 3 is 2.77 bits per heavy atom. The highest BCUT2D eigenvalue weighted by molar-refractivity contribution is 7.98. The molecule has 0 radical (unpaired) electrons. The minimum atomic E-state index is -4.68. The van der Waals surface area contributed by atoms with Crippen LogP contribution in [0.1, 0.15) is 11.5 Å². The maximum absolute atomic E-state index is 12.6. The molecule has 0 aliphatic heterocycles. The molecule has 0 saturated carbocycles. The first-order valence-corrected chi connectivity index (χ1v) is 6.74. The van der Waals surface area contributed by atoms with E-state index in [2.05, 4.69) is 25.5 Å². The van der Waals surface area contributed by atoms with Gasteiger partial charge >= 0.3 is 6.18 Å². The van der Waals surface area contributed by atoms with Gasteiger partial charge in [-0.2, -0.15) is 22.7 Å². The molecule has 0 amide bonds. The number of hydrogen-bond donors (Lipinski definition) is 1. The maximum Gasteiger partial charge on any atom is 0.451 e. The van der Waals surface area contributed by atoms with Gasteiger partial charge in [-0.05, 0) is 10.4 Å². The Bertz CT molecular complexity index is 881. The van der Waals surface area contributed by atoms with E-state index < -0.39 is 17.6 Å². The lowest BCUT2D eigenvalue weighted by molar-refractivity contribution is -0.144. The molecule has 3 rings (SSSR count). The lowest BCUT2D eigenvalue weighted by Crippen LogP contribution is -2.16. The van der Waals surface area contributed by atoms with Gasteiger partial charge in [-0.1, -0.05) is 11.8 Å². The average Bonchev–Trinajstić information content (AvgIpc) is 3.02. The van der Waals surface area contributed by atoms with Crippen molar-refractivity contribution in [2.24, 2.45) is 7.05 Å². The third-order valence-corrected chi connectivity index (χ3v) is 3.63. The zero-order valence-corrected chi connectivity index (χ0v) is 11.7. The van der Waals surface area contributed by atoms with Crippen LogP contribution in [-0.4, -0.2) is 39.8 Å². The molecule has 3 heterocycles. The first-order chi connectivity index (χ1) is 10.3. The number of nitrogens with zero attached hydrogens (tertiary/aromatic N) is 7. The lowest BCUT2D eigenvalue weighted by atomic mass is 10.4. The van der Waals surface area contributed by atoms with Gasteiger partial charge < -0.3 is 0 Å². The molecule has 0 aliphatic rings. The Balaban J connectivity index is 1.92. The summed E-state index contributed by atoms with van der Waals surface area (Å²) in [6.07, 6.45) is -4.68. The second-order valence-electron chi connectivity index (χ2n) is 4.16. The summed E-state index contributed by atoms with van der Waals surface area (Å²) in [7, 11) is 1.64. The van der Waals surface area contributed by atoms with E-state index in [1.54, 1.807) is 7.05 Å². The highest BCUT2D eigenvalue weighted by Crippen LogP contribution is 2.26. The molecule has 0 aliphatic carbocycles. The Morgan fingerprint density at radius 2 is 2.14 bits per heavy atom. The molecular weight excluding hydrogens is 325 g/mol. The first kappa shape index (κ1) is 14.5. The number of rotatable bonds is 3. The van der Waals surface area contributed by atoms with Crippen LogP contribution in [0.25, 0.3) is 5.78 Å². The van der Waals surface area contributed by atoms with Crippen LogP contribution in [0.5, 0.6) is 0 Å². The van der Waals surface area contributed by atoms with Gasteiger partial charge in [0.05, 0.1) is 5.69 Å². The van der Waals surface area contributed by atoms with E-state index in [-0.39, 0.29) is 17.2 Å². The Kier molecular flexibility index (Phi) is 3.35. The number of aromatic amines is 1. The van der Waals surface area contributed by atoms with Crippen LogP contribution in [0.15, 0.2) is 16.0 Å². The topological polar surface area (TPSA) is 107 Å². The Morgan fingerprint density at radius 1 is 1.36 bits per heavy atom. The lowest BCUT2D eigenvalue weighted by Gasteiger charge is -1.99. The van der Waals surface area contributed by atoms with E-state index in [0.717, 1.165) is 6.07 Å². The predicted molar refractivity (Wildman–Crippen MR) is 67.0 cm³/mol. The molecule has 22 heavy (non-hydrogen) atoms. The van der Waals surface area contributed by atoms with E-state index in [1.807, 2.05) is 5.10 Å². The summed E-state index contributed by atoms with van der Waals surface area (Å²) in [5, 5.41) is 13.2. The molecule has 116 valence electrons. The van der Waals surface area contributed by atoms with Gasteiger partial charge in [-0.25, -0.2) is 9.67 Å². The Hall–Kier alpha value is -2.44. The fraction of sp³-hybridized carbons (Fsp3) is 0.333. The van der Waals surface area contributed by atoms with Crippen LogP contribution < -0.4 is 5.56 Å². The number of fused-ring (bicyclic) bond motifs is 1. The van der Waals surface area contributed by atoms with Crippen molar-refractivity contribution in [3.63, 3.8) is 0 Å². The molecule has 3 aromatic heterocycles. The number of alkyl halides is 3. The number of H-pyrrole nitrogens is 1. The second-order valence-corrected chi connectivity index (χ2v) is 5.11. The van der Waals surface area contributed by atoms with Crippen LogP contribution in [0.2, 0.25) is 0 Å². The van der Waals surface area contributed by atoms with Crippen molar-refractivity contribution >= 4 is 17.5 Å². The zero-order valence-electron chi connectivity index (χ0n) is 10.9. The smallest absolute Gasteiger partial charge is 0.267 e. The molecule has 0 saturated heterocycles. The van der Waals surface area contributed by atoms with Crippen molar-refractivity contribution in [2.75, 3.05) is 0 Å². The van der Waals surface area contributed by atoms with Crippen LogP contribution in [0.3, 0.4) is 0 Å². The van der Waals surface area contributed by atoms with Crippen molar-refractivity contribution in [1.29, 1.82) is 0 Å². The molecule has 3 aromatic rings. The van der Waals surface area contributed by atoms with Gasteiger partial charge in [0.15, 0.2) is 0 Å². The molecule has 0 atom stereocenters. The summed E-state index contributed by atoms with van der Waals surface area (Å²) in [5.41, 5.74) is -0.405. The average molecular weight is 332 g/mol. The molecule has 0 bridgehead atoms. The summed E-state index contributed by atoms with van der Waals surface area (Å²) in [6.45, 7) is 0. The molecular formula is C9H7F3N8OS. The van der Waals surface area contributed by atoms with Crippen LogP contribution >= 0.6 is 11.8 Å².